The molecule has 152 valence electrons. The molecule has 3 rings (SSSR count). The molecule has 0 radical (unpaired) electrons. The third kappa shape index (κ3) is 5.14. The summed E-state index contributed by atoms with van der Waals surface area (Å²) in [5.74, 6) is -0.418. The van der Waals surface area contributed by atoms with Gasteiger partial charge in [0.05, 0.1) is 11.1 Å². The van der Waals surface area contributed by atoms with Crippen LogP contribution < -0.4 is 5.32 Å². The van der Waals surface area contributed by atoms with E-state index >= 15 is 0 Å². The number of nitrogens with one attached hydrogen (secondary N) is 1. The van der Waals surface area contributed by atoms with Crippen LogP contribution in [0.5, 0.6) is 0 Å². The van der Waals surface area contributed by atoms with Gasteiger partial charge in [0.2, 0.25) is 0 Å². The van der Waals surface area contributed by atoms with Crippen LogP contribution in [-0.4, -0.2) is 18.9 Å². The number of ketones is 1. The van der Waals surface area contributed by atoms with Gasteiger partial charge in [-0.25, -0.2) is 0 Å². The van der Waals surface area contributed by atoms with Gasteiger partial charge in [-0.2, -0.15) is 26.3 Å². The number of halogens is 6. The van der Waals surface area contributed by atoms with Crippen LogP contribution >= 0.6 is 0 Å². The maximum Gasteiger partial charge on any atom is 0.416 e. The highest BCUT2D eigenvalue weighted by atomic mass is 19.4. The Bertz CT molecular complexity index is 908. The number of piperidine rings is 1. The summed E-state index contributed by atoms with van der Waals surface area (Å²) in [7, 11) is 0. The molecule has 1 fully saturated rings. The van der Waals surface area contributed by atoms with Gasteiger partial charge in [-0.1, -0.05) is 24.3 Å². The van der Waals surface area contributed by atoms with Crippen LogP contribution in [0.3, 0.4) is 0 Å². The predicted octanol–water partition coefficient (Wildman–Crippen LogP) is 5.36. The molecule has 0 atom stereocenters. The summed E-state index contributed by atoms with van der Waals surface area (Å²) < 4.78 is 77.1. The first kappa shape index (κ1) is 20.9. The molecule has 29 heavy (non-hydrogen) atoms. The highest BCUT2D eigenvalue weighted by Gasteiger charge is 2.31. The lowest BCUT2D eigenvalue weighted by Gasteiger charge is -2.18. The molecular formula is C21H15F6NO. The molecule has 1 aliphatic heterocycles. The molecule has 2 aromatic carbocycles. The number of alkyl halides is 6. The standard InChI is InChI=1S/C21H15F6NO/c22-20(23,24)17-5-1-3-13(9-17)7-15-11-28-12-16(19(15)29)8-14-4-2-6-18(10-14)21(25,26)27/h1-10,28H,11-12H2/b15-7-,16-8+. The molecule has 1 aliphatic rings. The van der Waals surface area contributed by atoms with E-state index in [1.54, 1.807) is 0 Å². The monoisotopic (exact) mass is 411 g/mol. The fraction of sp³-hybridized carbons (Fsp3) is 0.190. The van der Waals surface area contributed by atoms with Crippen molar-refractivity contribution >= 4 is 17.9 Å². The quantitative estimate of drug-likeness (QED) is 0.532. The van der Waals surface area contributed by atoms with Crippen LogP contribution in [0, 0.1) is 0 Å². The van der Waals surface area contributed by atoms with Crippen molar-refractivity contribution in [2.45, 2.75) is 12.4 Å². The van der Waals surface area contributed by atoms with Crippen molar-refractivity contribution in [3.63, 3.8) is 0 Å². The van der Waals surface area contributed by atoms with E-state index in [-0.39, 0.29) is 35.4 Å². The first-order valence-electron chi connectivity index (χ1n) is 8.55. The number of carbonyl (C=O) groups excluding carboxylic acids is 1. The van der Waals surface area contributed by atoms with Crippen LogP contribution in [0.25, 0.3) is 12.2 Å². The molecule has 0 aliphatic carbocycles. The topological polar surface area (TPSA) is 29.1 Å². The summed E-state index contributed by atoms with van der Waals surface area (Å²) >= 11 is 0. The summed E-state index contributed by atoms with van der Waals surface area (Å²) in [4.78, 5) is 12.7. The molecule has 0 bridgehead atoms. The normalized spacial score (nSPS) is 18.5. The SMILES string of the molecule is O=C1/C(=C\c2cccc(C(F)(F)F)c2)CNC/C1=C\c1cccc(C(F)(F)F)c1. The van der Waals surface area contributed by atoms with E-state index in [9.17, 15) is 31.1 Å². The zero-order chi connectivity index (χ0) is 21.2. The molecule has 1 heterocycles. The zero-order valence-electron chi connectivity index (χ0n) is 14.9. The molecule has 1 saturated heterocycles. The number of carbonyl (C=O) groups is 1. The summed E-state index contributed by atoms with van der Waals surface area (Å²) in [6.07, 6.45) is -6.30. The van der Waals surface area contributed by atoms with E-state index in [1.165, 1.54) is 36.4 Å². The minimum absolute atomic E-state index is 0.148. The van der Waals surface area contributed by atoms with E-state index in [2.05, 4.69) is 5.32 Å². The number of Topliss-reactive ketones (excluding diaryl/α,β-unsaturated/α-hetero) is 1. The van der Waals surface area contributed by atoms with Gasteiger partial charge in [0.25, 0.3) is 0 Å². The molecule has 8 heteroatoms. The number of rotatable bonds is 2. The highest BCUT2D eigenvalue weighted by molar-refractivity contribution is 6.14. The Morgan fingerprint density at radius 3 is 1.52 bits per heavy atom. The number of benzene rings is 2. The molecule has 0 spiro atoms. The van der Waals surface area contributed by atoms with Crippen LogP contribution in [0.1, 0.15) is 22.3 Å². The summed E-state index contributed by atoms with van der Waals surface area (Å²) in [6.45, 7) is 0.296. The molecule has 0 aromatic heterocycles. The Morgan fingerprint density at radius 2 is 1.14 bits per heavy atom. The van der Waals surface area contributed by atoms with Crippen LogP contribution in [0.4, 0.5) is 26.3 Å². The highest BCUT2D eigenvalue weighted by Crippen LogP contribution is 2.31. The molecular weight excluding hydrogens is 396 g/mol. The summed E-state index contributed by atoms with van der Waals surface area (Å²) in [5, 5.41) is 2.94. The lowest BCUT2D eigenvalue weighted by Crippen LogP contribution is -2.32. The fourth-order valence-corrected chi connectivity index (χ4v) is 2.94. The predicted molar refractivity (Wildman–Crippen MR) is 96.7 cm³/mol. The molecule has 2 aromatic rings. The number of hydrogen-bond acceptors (Lipinski definition) is 2. The van der Waals surface area contributed by atoms with E-state index in [0.717, 1.165) is 24.3 Å². The first-order chi connectivity index (χ1) is 13.5. The van der Waals surface area contributed by atoms with Crippen molar-refractivity contribution in [3.05, 3.63) is 81.9 Å². The Balaban J connectivity index is 1.90. The van der Waals surface area contributed by atoms with Crippen molar-refractivity contribution in [2.24, 2.45) is 0 Å². The van der Waals surface area contributed by atoms with Crippen molar-refractivity contribution in [3.8, 4) is 0 Å². The maximum atomic E-state index is 12.9. The van der Waals surface area contributed by atoms with Gasteiger partial charge < -0.3 is 5.32 Å². The summed E-state index contributed by atoms with van der Waals surface area (Å²) in [6, 6.07) is 9.12. The van der Waals surface area contributed by atoms with Crippen molar-refractivity contribution in [2.75, 3.05) is 13.1 Å². The molecule has 0 amide bonds. The second kappa shape index (κ2) is 7.87. The third-order valence-corrected chi connectivity index (χ3v) is 4.32. The van der Waals surface area contributed by atoms with Crippen LogP contribution in [-0.2, 0) is 17.1 Å². The smallest absolute Gasteiger partial charge is 0.308 e. The van der Waals surface area contributed by atoms with Crippen molar-refractivity contribution in [1.82, 2.24) is 5.32 Å². The minimum Gasteiger partial charge on any atom is -0.308 e. The van der Waals surface area contributed by atoms with E-state index in [4.69, 9.17) is 0 Å². The van der Waals surface area contributed by atoms with Crippen LogP contribution in [0.2, 0.25) is 0 Å². The fourth-order valence-electron chi connectivity index (χ4n) is 2.94. The average molecular weight is 411 g/mol. The Labute approximate surface area is 162 Å². The van der Waals surface area contributed by atoms with E-state index < -0.39 is 29.3 Å². The third-order valence-electron chi connectivity index (χ3n) is 4.32. The molecule has 0 unspecified atom stereocenters. The molecule has 2 nitrogen and oxygen atoms in total. The second-order valence-electron chi connectivity index (χ2n) is 6.52. The lowest BCUT2D eigenvalue weighted by molar-refractivity contribution is -0.138. The largest absolute Gasteiger partial charge is 0.416 e. The van der Waals surface area contributed by atoms with Crippen molar-refractivity contribution < 1.29 is 31.1 Å². The van der Waals surface area contributed by atoms with Gasteiger partial charge >= 0.3 is 12.4 Å². The zero-order valence-corrected chi connectivity index (χ0v) is 14.9. The van der Waals surface area contributed by atoms with Gasteiger partial charge in [-0.05, 0) is 47.5 Å². The Hall–Kier alpha value is -2.87. The summed E-state index contributed by atoms with van der Waals surface area (Å²) in [5.41, 5.74) is -0.774. The molecule has 0 saturated carbocycles. The Morgan fingerprint density at radius 1 is 0.724 bits per heavy atom. The van der Waals surface area contributed by atoms with Gasteiger partial charge in [0, 0.05) is 24.2 Å². The number of hydrogen-bond donors (Lipinski definition) is 1. The van der Waals surface area contributed by atoms with Gasteiger partial charge in [-0.3, -0.25) is 4.79 Å². The van der Waals surface area contributed by atoms with E-state index in [1.807, 2.05) is 0 Å². The Kier molecular flexibility index (Phi) is 5.66. The van der Waals surface area contributed by atoms with E-state index in [0.29, 0.717) is 0 Å². The van der Waals surface area contributed by atoms with Crippen LogP contribution in [0.15, 0.2) is 59.7 Å². The molecule has 1 N–H and O–H groups in total. The lowest BCUT2D eigenvalue weighted by atomic mass is 9.95. The van der Waals surface area contributed by atoms with Gasteiger partial charge in [0.15, 0.2) is 5.78 Å². The maximum absolute atomic E-state index is 12.9. The first-order valence-corrected chi connectivity index (χ1v) is 8.55. The minimum atomic E-state index is -4.50. The second-order valence-corrected chi connectivity index (χ2v) is 6.52. The van der Waals surface area contributed by atoms with Crippen molar-refractivity contribution in [1.29, 1.82) is 0 Å². The van der Waals surface area contributed by atoms with Gasteiger partial charge in [0.1, 0.15) is 0 Å². The average Bonchev–Trinajstić information content (AvgIpc) is 2.64. The van der Waals surface area contributed by atoms with Gasteiger partial charge in [-0.15, -0.1) is 0 Å².